The third kappa shape index (κ3) is 5.73. The first kappa shape index (κ1) is 19.2. The number of benzene rings is 1. The third-order valence-corrected chi connectivity index (χ3v) is 4.04. The molecule has 122 valence electrons. The molecule has 0 atom stereocenters. The van der Waals surface area contributed by atoms with Crippen molar-refractivity contribution in [1.29, 1.82) is 0 Å². The maximum atomic E-state index is 12.7. The molecule has 0 aliphatic rings. The normalized spacial score (nSPS) is 12.6. The second-order valence-electron chi connectivity index (χ2n) is 6.41. The monoisotopic (exact) mass is 342 g/mol. The van der Waals surface area contributed by atoms with E-state index in [9.17, 15) is 4.79 Å². The Hall–Kier alpha value is -0.870. The maximum absolute atomic E-state index is 12.7. The van der Waals surface area contributed by atoms with E-state index < -0.39 is 5.41 Å². The molecule has 0 radical (unpaired) electrons. The first-order valence-electron chi connectivity index (χ1n) is 7.11. The van der Waals surface area contributed by atoms with Gasteiger partial charge in [-0.25, -0.2) is 0 Å². The quantitative estimate of drug-likeness (QED) is 0.705. The lowest BCUT2D eigenvalue weighted by Crippen LogP contribution is -2.44. The number of hydrogen-bond donors (Lipinski definition) is 0. The molecule has 1 aromatic rings. The molecule has 0 bridgehead atoms. The lowest BCUT2D eigenvalue weighted by Gasteiger charge is -2.32. The van der Waals surface area contributed by atoms with Gasteiger partial charge in [-0.05, 0) is 58.9 Å². The molecule has 1 aromatic carbocycles. The van der Waals surface area contributed by atoms with Crippen LogP contribution >= 0.6 is 23.2 Å². The average Bonchev–Trinajstić information content (AvgIpc) is 2.37. The van der Waals surface area contributed by atoms with E-state index >= 15 is 0 Å². The van der Waals surface area contributed by atoms with Crippen LogP contribution in [0.2, 0.25) is 10.0 Å². The molecule has 0 fully saturated rings. The summed E-state index contributed by atoms with van der Waals surface area (Å²) in [5.74, 6) is 0.0981. The number of ketones is 1. The predicted octanol–water partition coefficient (Wildman–Crippen LogP) is 3.71. The van der Waals surface area contributed by atoms with Crippen LogP contribution in [-0.2, 0) is 4.79 Å². The van der Waals surface area contributed by atoms with Crippen molar-refractivity contribution in [2.24, 2.45) is 5.41 Å². The average molecular weight is 343 g/mol. The van der Waals surface area contributed by atoms with Gasteiger partial charge in [-0.3, -0.25) is 4.79 Å². The van der Waals surface area contributed by atoms with Crippen LogP contribution in [0.3, 0.4) is 0 Å². The fourth-order valence-corrected chi connectivity index (χ4v) is 2.90. The SMILES string of the molecule is CN(C)CC(C)(CN(C)C)C(=O)C=Cc1ccc(Cl)c(Cl)c1. The molecule has 0 aliphatic carbocycles. The Labute approximate surface area is 143 Å². The molecule has 5 heteroatoms. The Kier molecular flexibility index (Phi) is 7.07. The van der Waals surface area contributed by atoms with Crippen LogP contribution in [0.4, 0.5) is 0 Å². The van der Waals surface area contributed by atoms with Crippen molar-refractivity contribution in [3.05, 3.63) is 39.9 Å². The second-order valence-corrected chi connectivity index (χ2v) is 7.22. The van der Waals surface area contributed by atoms with Crippen LogP contribution in [0.5, 0.6) is 0 Å². The van der Waals surface area contributed by atoms with E-state index in [1.165, 1.54) is 0 Å². The fraction of sp³-hybridized carbons (Fsp3) is 0.471. The van der Waals surface area contributed by atoms with E-state index in [4.69, 9.17) is 23.2 Å². The van der Waals surface area contributed by atoms with Crippen LogP contribution in [-0.4, -0.2) is 56.9 Å². The van der Waals surface area contributed by atoms with Gasteiger partial charge in [-0.1, -0.05) is 35.3 Å². The summed E-state index contributed by atoms with van der Waals surface area (Å²) >= 11 is 11.9. The van der Waals surface area contributed by atoms with Gasteiger partial charge in [0.15, 0.2) is 5.78 Å². The van der Waals surface area contributed by atoms with Gasteiger partial charge < -0.3 is 9.80 Å². The number of carbonyl (C=O) groups is 1. The number of allylic oxidation sites excluding steroid dienone is 1. The highest BCUT2D eigenvalue weighted by Gasteiger charge is 2.32. The van der Waals surface area contributed by atoms with Crippen molar-refractivity contribution >= 4 is 35.1 Å². The lowest BCUT2D eigenvalue weighted by atomic mass is 9.84. The summed E-state index contributed by atoms with van der Waals surface area (Å²) in [4.78, 5) is 16.7. The predicted molar refractivity (Wildman–Crippen MR) is 95.7 cm³/mol. The third-order valence-electron chi connectivity index (χ3n) is 3.30. The number of nitrogens with zero attached hydrogens (tertiary/aromatic N) is 2. The van der Waals surface area contributed by atoms with Gasteiger partial charge in [0.05, 0.1) is 15.5 Å². The van der Waals surface area contributed by atoms with Gasteiger partial charge in [0.25, 0.3) is 0 Å². The van der Waals surface area contributed by atoms with Crippen molar-refractivity contribution in [1.82, 2.24) is 9.80 Å². The topological polar surface area (TPSA) is 23.6 Å². The molecule has 22 heavy (non-hydrogen) atoms. The number of rotatable bonds is 7. The molecular weight excluding hydrogens is 319 g/mol. The minimum atomic E-state index is -0.459. The van der Waals surface area contributed by atoms with E-state index in [2.05, 4.69) is 0 Å². The fourth-order valence-electron chi connectivity index (χ4n) is 2.59. The molecule has 0 heterocycles. The molecule has 0 saturated heterocycles. The molecule has 0 saturated carbocycles. The van der Waals surface area contributed by atoms with E-state index in [-0.39, 0.29) is 5.78 Å². The minimum Gasteiger partial charge on any atom is -0.308 e. The molecule has 0 N–H and O–H groups in total. The zero-order chi connectivity index (χ0) is 16.9. The number of hydrogen-bond acceptors (Lipinski definition) is 3. The maximum Gasteiger partial charge on any atom is 0.164 e. The summed E-state index contributed by atoms with van der Waals surface area (Å²) in [5.41, 5.74) is 0.402. The summed E-state index contributed by atoms with van der Waals surface area (Å²) in [6.07, 6.45) is 3.42. The molecule has 0 spiro atoms. The van der Waals surface area contributed by atoms with Crippen molar-refractivity contribution in [3.63, 3.8) is 0 Å². The first-order chi connectivity index (χ1) is 10.1. The highest BCUT2D eigenvalue weighted by Crippen LogP contribution is 2.24. The molecule has 0 aliphatic heterocycles. The molecule has 3 nitrogen and oxygen atoms in total. The second kappa shape index (κ2) is 8.11. The van der Waals surface area contributed by atoms with Gasteiger partial charge in [0.2, 0.25) is 0 Å². The van der Waals surface area contributed by atoms with E-state index in [0.29, 0.717) is 23.1 Å². The Bertz CT molecular complexity index is 544. The van der Waals surface area contributed by atoms with E-state index in [0.717, 1.165) is 5.56 Å². The standard InChI is InChI=1S/C17H24Cl2N2O/c1-17(11-20(2)3,12-21(4)5)16(22)9-7-13-6-8-14(18)15(19)10-13/h6-10H,11-12H2,1-5H3. The number of halogens is 2. The summed E-state index contributed by atoms with van der Waals surface area (Å²) in [7, 11) is 7.90. The molecule has 0 amide bonds. The molecule has 1 rings (SSSR count). The highest BCUT2D eigenvalue weighted by atomic mass is 35.5. The van der Waals surface area contributed by atoms with Gasteiger partial charge in [0.1, 0.15) is 0 Å². The van der Waals surface area contributed by atoms with Gasteiger partial charge in [-0.2, -0.15) is 0 Å². The van der Waals surface area contributed by atoms with Crippen molar-refractivity contribution in [3.8, 4) is 0 Å². The van der Waals surface area contributed by atoms with Crippen LogP contribution in [0.1, 0.15) is 12.5 Å². The Morgan fingerprint density at radius 1 is 1.09 bits per heavy atom. The Balaban J connectivity index is 2.94. The van der Waals surface area contributed by atoms with Crippen LogP contribution in [0.15, 0.2) is 24.3 Å². The van der Waals surface area contributed by atoms with Gasteiger partial charge in [-0.15, -0.1) is 0 Å². The largest absolute Gasteiger partial charge is 0.308 e. The smallest absolute Gasteiger partial charge is 0.164 e. The molecule has 0 unspecified atom stereocenters. The number of carbonyl (C=O) groups excluding carboxylic acids is 1. The van der Waals surface area contributed by atoms with Crippen LogP contribution < -0.4 is 0 Å². The Morgan fingerprint density at radius 3 is 2.09 bits per heavy atom. The van der Waals surface area contributed by atoms with Crippen molar-refractivity contribution in [2.75, 3.05) is 41.3 Å². The van der Waals surface area contributed by atoms with Crippen molar-refractivity contribution < 1.29 is 4.79 Å². The van der Waals surface area contributed by atoms with Gasteiger partial charge >= 0.3 is 0 Å². The first-order valence-corrected chi connectivity index (χ1v) is 7.87. The van der Waals surface area contributed by atoms with E-state index in [1.807, 2.05) is 51.0 Å². The zero-order valence-electron chi connectivity index (χ0n) is 13.9. The minimum absolute atomic E-state index is 0.0981. The lowest BCUT2D eigenvalue weighted by molar-refractivity contribution is -0.124. The summed E-state index contributed by atoms with van der Waals surface area (Å²) in [6, 6.07) is 5.32. The summed E-state index contributed by atoms with van der Waals surface area (Å²) in [6.45, 7) is 3.37. The molecular formula is C17H24Cl2N2O. The molecule has 0 aromatic heterocycles. The van der Waals surface area contributed by atoms with Crippen LogP contribution in [0, 0.1) is 5.41 Å². The van der Waals surface area contributed by atoms with Crippen molar-refractivity contribution in [2.45, 2.75) is 6.92 Å². The summed E-state index contributed by atoms with van der Waals surface area (Å²) < 4.78 is 0. The van der Waals surface area contributed by atoms with E-state index in [1.54, 1.807) is 24.3 Å². The van der Waals surface area contributed by atoms with Crippen LogP contribution in [0.25, 0.3) is 6.08 Å². The highest BCUT2D eigenvalue weighted by molar-refractivity contribution is 6.42. The van der Waals surface area contributed by atoms with Gasteiger partial charge in [0, 0.05) is 13.1 Å². The Morgan fingerprint density at radius 2 is 1.64 bits per heavy atom. The summed E-state index contributed by atoms with van der Waals surface area (Å²) in [5, 5.41) is 0.996. The zero-order valence-corrected chi connectivity index (χ0v) is 15.4.